The second-order valence-corrected chi connectivity index (χ2v) is 8.33. The van der Waals surface area contributed by atoms with E-state index in [4.69, 9.17) is 4.52 Å². The fourth-order valence-corrected chi connectivity index (χ4v) is 4.46. The monoisotopic (exact) mass is 446 g/mol. The lowest BCUT2D eigenvalue weighted by Crippen LogP contribution is -2.43. The van der Waals surface area contributed by atoms with Gasteiger partial charge in [0.05, 0.1) is 11.2 Å². The number of amides is 1. The molecule has 9 heteroatoms. The largest absolute Gasteiger partial charge is 0.433 e. The quantitative estimate of drug-likeness (QED) is 0.608. The number of aromatic nitrogens is 2. The summed E-state index contributed by atoms with van der Waals surface area (Å²) in [6, 6.07) is 8.08. The van der Waals surface area contributed by atoms with Crippen molar-refractivity contribution in [3.05, 3.63) is 53.0 Å². The van der Waals surface area contributed by atoms with Gasteiger partial charge in [0, 0.05) is 30.2 Å². The molecule has 0 bridgehead atoms. The molecule has 32 heavy (non-hydrogen) atoms. The summed E-state index contributed by atoms with van der Waals surface area (Å²) < 4.78 is 45.3. The van der Waals surface area contributed by atoms with Gasteiger partial charge in [-0.1, -0.05) is 23.4 Å². The first kappa shape index (κ1) is 22.1. The standard InChI is InChI=1S/C23H25F3N4O2/c1-13-21(14(2)32-29-13)22(31)27-15-8-10-16(11-9-15)30(3)19-12-20(23(24,25)26)28-18-7-5-4-6-17(18)19/h4-7,12,15-16H,8-11H2,1-3H3,(H,27,31). The van der Waals surface area contributed by atoms with Gasteiger partial charge < -0.3 is 14.7 Å². The van der Waals surface area contributed by atoms with Gasteiger partial charge in [-0.3, -0.25) is 4.79 Å². The van der Waals surface area contributed by atoms with Crippen molar-refractivity contribution in [2.24, 2.45) is 0 Å². The lowest BCUT2D eigenvalue weighted by atomic mass is 9.89. The summed E-state index contributed by atoms with van der Waals surface area (Å²) in [4.78, 5) is 18.3. The van der Waals surface area contributed by atoms with E-state index in [1.54, 1.807) is 38.1 Å². The van der Waals surface area contributed by atoms with Gasteiger partial charge in [-0.05, 0) is 51.7 Å². The van der Waals surface area contributed by atoms with Crippen LogP contribution in [0, 0.1) is 13.8 Å². The minimum absolute atomic E-state index is 0.000713. The Hall–Kier alpha value is -3.10. The molecule has 1 N–H and O–H groups in total. The van der Waals surface area contributed by atoms with Crippen LogP contribution in [0.2, 0.25) is 0 Å². The number of nitrogens with zero attached hydrogens (tertiary/aromatic N) is 3. The molecule has 1 aliphatic carbocycles. The van der Waals surface area contributed by atoms with Crippen molar-refractivity contribution in [1.29, 1.82) is 0 Å². The number of benzene rings is 1. The van der Waals surface area contributed by atoms with Gasteiger partial charge in [0.25, 0.3) is 5.91 Å². The van der Waals surface area contributed by atoms with Crippen LogP contribution < -0.4 is 10.2 Å². The normalized spacial score (nSPS) is 19.2. The number of para-hydroxylation sites is 1. The molecule has 6 nitrogen and oxygen atoms in total. The second kappa shape index (κ2) is 8.44. The van der Waals surface area contributed by atoms with E-state index in [0.29, 0.717) is 33.6 Å². The van der Waals surface area contributed by atoms with Crippen molar-refractivity contribution >= 4 is 22.5 Å². The zero-order valence-electron chi connectivity index (χ0n) is 18.2. The van der Waals surface area contributed by atoms with E-state index in [2.05, 4.69) is 15.5 Å². The summed E-state index contributed by atoms with van der Waals surface area (Å²) in [7, 11) is 1.83. The van der Waals surface area contributed by atoms with E-state index in [-0.39, 0.29) is 18.0 Å². The van der Waals surface area contributed by atoms with Crippen molar-refractivity contribution in [3.8, 4) is 0 Å². The van der Waals surface area contributed by atoms with E-state index in [1.165, 1.54) is 0 Å². The van der Waals surface area contributed by atoms with Crippen LogP contribution in [0.3, 0.4) is 0 Å². The minimum atomic E-state index is -4.51. The molecule has 4 rings (SSSR count). The highest BCUT2D eigenvalue weighted by Gasteiger charge is 2.35. The maximum atomic E-state index is 13.4. The third-order valence-corrected chi connectivity index (χ3v) is 6.20. The fourth-order valence-electron chi connectivity index (χ4n) is 4.46. The van der Waals surface area contributed by atoms with Crippen LogP contribution in [0.4, 0.5) is 18.9 Å². The van der Waals surface area contributed by atoms with Gasteiger partial charge in [0.2, 0.25) is 0 Å². The number of hydrogen-bond acceptors (Lipinski definition) is 5. The predicted octanol–water partition coefficient (Wildman–Crippen LogP) is 5.04. The average Bonchev–Trinajstić information content (AvgIpc) is 3.10. The summed E-state index contributed by atoms with van der Waals surface area (Å²) in [5, 5.41) is 7.56. The third-order valence-electron chi connectivity index (χ3n) is 6.20. The van der Waals surface area contributed by atoms with Crippen molar-refractivity contribution in [2.75, 3.05) is 11.9 Å². The summed E-state index contributed by atoms with van der Waals surface area (Å²) >= 11 is 0. The first-order chi connectivity index (χ1) is 15.1. The lowest BCUT2D eigenvalue weighted by molar-refractivity contribution is -0.140. The summed E-state index contributed by atoms with van der Waals surface area (Å²) in [6.07, 6.45) is -1.54. The molecule has 1 fully saturated rings. The maximum Gasteiger partial charge on any atom is 0.433 e. The highest BCUT2D eigenvalue weighted by Crippen LogP contribution is 2.36. The zero-order chi connectivity index (χ0) is 23.0. The van der Waals surface area contributed by atoms with E-state index in [1.807, 2.05) is 11.9 Å². The molecule has 170 valence electrons. The first-order valence-electron chi connectivity index (χ1n) is 10.6. The van der Waals surface area contributed by atoms with Crippen LogP contribution in [0.25, 0.3) is 10.9 Å². The Morgan fingerprint density at radius 2 is 1.84 bits per heavy atom. The Kier molecular flexibility index (Phi) is 5.83. The van der Waals surface area contributed by atoms with Crippen LogP contribution in [-0.4, -0.2) is 35.2 Å². The number of alkyl halides is 3. The number of nitrogens with one attached hydrogen (secondary N) is 1. The Labute approximate surface area is 183 Å². The van der Waals surface area contributed by atoms with Gasteiger partial charge in [0.1, 0.15) is 17.0 Å². The number of rotatable bonds is 4. The number of pyridine rings is 1. The highest BCUT2D eigenvalue weighted by molar-refractivity contribution is 5.96. The van der Waals surface area contributed by atoms with Crippen molar-refractivity contribution in [1.82, 2.24) is 15.5 Å². The molecule has 3 aromatic rings. The molecule has 1 amide bonds. The predicted molar refractivity (Wildman–Crippen MR) is 115 cm³/mol. The van der Waals surface area contributed by atoms with Crippen molar-refractivity contribution in [2.45, 2.75) is 57.8 Å². The van der Waals surface area contributed by atoms with Crippen LogP contribution in [0.15, 0.2) is 34.9 Å². The molecule has 1 saturated carbocycles. The molecule has 1 aliphatic rings. The van der Waals surface area contributed by atoms with Gasteiger partial charge in [-0.15, -0.1) is 0 Å². The van der Waals surface area contributed by atoms with Gasteiger partial charge >= 0.3 is 6.18 Å². The van der Waals surface area contributed by atoms with Crippen LogP contribution >= 0.6 is 0 Å². The number of aryl methyl sites for hydroxylation is 2. The van der Waals surface area contributed by atoms with E-state index >= 15 is 0 Å². The topological polar surface area (TPSA) is 71.3 Å². The summed E-state index contributed by atoms with van der Waals surface area (Å²) in [5.74, 6) is 0.284. The first-order valence-corrected chi connectivity index (χ1v) is 10.6. The summed E-state index contributed by atoms with van der Waals surface area (Å²) in [5.41, 5.74) is 0.972. The Balaban J connectivity index is 1.48. The molecule has 0 atom stereocenters. The number of hydrogen-bond donors (Lipinski definition) is 1. The molecule has 2 aromatic heterocycles. The van der Waals surface area contributed by atoms with Crippen LogP contribution in [0.5, 0.6) is 0 Å². The third kappa shape index (κ3) is 4.28. The van der Waals surface area contributed by atoms with Gasteiger partial charge in [-0.2, -0.15) is 13.2 Å². The number of halogens is 3. The highest BCUT2D eigenvalue weighted by atomic mass is 19.4. The number of carbonyl (C=O) groups excluding carboxylic acids is 1. The molecule has 1 aromatic carbocycles. The van der Waals surface area contributed by atoms with E-state index < -0.39 is 11.9 Å². The Morgan fingerprint density at radius 3 is 2.47 bits per heavy atom. The second-order valence-electron chi connectivity index (χ2n) is 8.33. The van der Waals surface area contributed by atoms with Crippen LogP contribution in [-0.2, 0) is 6.18 Å². The van der Waals surface area contributed by atoms with Gasteiger partial charge in [0.15, 0.2) is 0 Å². The molecule has 2 heterocycles. The van der Waals surface area contributed by atoms with Crippen molar-refractivity contribution in [3.63, 3.8) is 0 Å². The van der Waals surface area contributed by atoms with E-state index in [9.17, 15) is 18.0 Å². The smallest absolute Gasteiger partial charge is 0.371 e. The average molecular weight is 446 g/mol. The minimum Gasteiger partial charge on any atom is -0.371 e. The lowest BCUT2D eigenvalue weighted by Gasteiger charge is -2.37. The molecule has 0 unspecified atom stereocenters. The molecular weight excluding hydrogens is 421 g/mol. The number of fused-ring (bicyclic) bond motifs is 1. The van der Waals surface area contributed by atoms with Gasteiger partial charge in [-0.25, -0.2) is 4.98 Å². The Morgan fingerprint density at radius 1 is 1.16 bits per heavy atom. The maximum absolute atomic E-state index is 13.4. The van der Waals surface area contributed by atoms with Crippen molar-refractivity contribution < 1.29 is 22.5 Å². The molecule has 0 saturated heterocycles. The number of anilines is 1. The SMILES string of the molecule is Cc1noc(C)c1C(=O)NC1CCC(N(C)c2cc(C(F)(F)F)nc3ccccc23)CC1. The zero-order valence-corrected chi connectivity index (χ0v) is 18.2. The molecular formula is C23H25F3N4O2. The molecule has 0 spiro atoms. The fraction of sp³-hybridized carbons (Fsp3) is 0.435. The van der Waals surface area contributed by atoms with E-state index in [0.717, 1.165) is 31.7 Å². The Bertz CT molecular complexity index is 1110. The number of carbonyl (C=O) groups is 1. The summed E-state index contributed by atoms with van der Waals surface area (Å²) in [6.45, 7) is 3.43. The van der Waals surface area contributed by atoms with Crippen LogP contribution in [0.1, 0.15) is 53.2 Å². The molecule has 0 radical (unpaired) electrons. The molecule has 0 aliphatic heterocycles.